The minimum Gasteiger partial charge on any atom is -0.508 e. The lowest BCUT2D eigenvalue weighted by molar-refractivity contribution is -0.145. The van der Waals surface area contributed by atoms with Gasteiger partial charge >= 0.3 is 5.97 Å². The molecule has 0 aliphatic carbocycles. The van der Waals surface area contributed by atoms with Crippen molar-refractivity contribution in [1.29, 1.82) is 0 Å². The van der Waals surface area contributed by atoms with Crippen molar-refractivity contribution in [1.82, 2.24) is 10.6 Å². The second-order valence-corrected chi connectivity index (χ2v) is 4.43. The number of benzene rings is 1. The number of halogens is 1. The molecule has 3 N–H and O–H groups in total. The van der Waals surface area contributed by atoms with E-state index < -0.39 is 5.92 Å². The van der Waals surface area contributed by atoms with Gasteiger partial charge in [-0.2, -0.15) is 0 Å². The van der Waals surface area contributed by atoms with Gasteiger partial charge in [0.15, 0.2) is 0 Å². The number of nitrogens with one attached hydrogen (secondary N) is 2. The number of carbonyl (C=O) groups is 2. The summed E-state index contributed by atoms with van der Waals surface area (Å²) in [5, 5.41) is 14.6. The van der Waals surface area contributed by atoms with Crippen LogP contribution in [0.2, 0.25) is 0 Å². The van der Waals surface area contributed by atoms with Crippen LogP contribution in [0.1, 0.15) is 5.56 Å². The highest BCUT2D eigenvalue weighted by Gasteiger charge is 2.20. The molecule has 0 radical (unpaired) electrons. The van der Waals surface area contributed by atoms with E-state index in [2.05, 4.69) is 10.6 Å². The van der Waals surface area contributed by atoms with Gasteiger partial charge in [0.1, 0.15) is 5.75 Å². The highest BCUT2D eigenvalue weighted by molar-refractivity contribution is 5.85. The Morgan fingerprint density at radius 1 is 1.29 bits per heavy atom. The fourth-order valence-electron chi connectivity index (χ4n) is 1.78. The molecule has 21 heavy (non-hydrogen) atoms. The van der Waals surface area contributed by atoms with Crippen molar-refractivity contribution in [2.75, 3.05) is 27.2 Å². The number of esters is 1. The van der Waals surface area contributed by atoms with Crippen LogP contribution in [0.5, 0.6) is 5.75 Å². The van der Waals surface area contributed by atoms with Gasteiger partial charge in [-0.15, -0.1) is 12.4 Å². The van der Waals surface area contributed by atoms with Crippen LogP contribution in [0.25, 0.3) is 0 Å². The molecule has 1 unspecified atom stereocenters. The first-order valence-corrected chi connectivity index (χ1v) is 6.33. The highest BCUT2D eigenvalue weighted by atomic mass is 35.5. The molecule has 1 atom stereocenters. The molecule has 1 rings (SSSR count). The Balaban J connectivity index is 0.00000400. The Hall–Kier alpha value is -1.79. The zero-order chi connectivity index (χ0) is 15.0. The molecule has 0 heterocycles. The third kappa shape index (κ3) is 6.97. The number of likely N-dealkylation sites (N-methyl/N-ethyl adjacent to an activating group) is 1. The number of phenols is 1. The van der Waals surface area contributed by atoms with Crippen LogP contribution in [-0.4, -0.2) is 44.2 Å². The normalized spacial score (nSPS) is 11.1. The first kappa shape index (κ1) is 19.2. The molecule has 0 saturated carbocycles. The van der Waals surface area contributed by atoms with Gasteiger partial charge in [0.25, 0.3) is 0 Å². The number of rotatable bonds is 7. The minimum atomic E-state index is -0.453. The van der Waals surface area contributed by atoms with Crippen LogP contribution in [0, 0.1) is 5.92 Å². The largest absolute Gasteiger partial charge is 0.508 e. The summed E-state index contributed by atoms with van der Waals surface area (Å²) in [6.07, 6.45) is 0.437. The number of amides is 1. The SMILES string of the molecule is CNCC(=O)NCC(Cc1ccc(O)cc1)C(=O)OC.Cl. The average Bonchev–Trinajstić information content (AvgIpc) is 2.45. The van der Waals surface area contributed by atoms with Crippen molar-refractivity contribution in [2.45, 2.75) is 6.42 Å². The summed E-state index contributed by atoms with van der Waals surface area (Å²) in [7, 11) is 3.00. The van der Waals surface area contributed by atoms with E-state index in [1.165, 1.54) is 7.11 Å². The van der Waals surface area contributed by atoms with Crippen molar-refractivity contribution >= 4 is 24.3 Å². The summed E-state index contributed by atoms with van der Waals surface area (Å²) in [4.78, 5) is 23.1. The molecule has 0 aromatic heterocycles. The molecule has 1 amide bonds. The highest BCUT2D eigenvalue weighted by Crippen LogP contribution is 2.14. The third-order valence-electron chi connectivity index (χ3n) is 2.84. The predicted octanol–water partition coefficient (Wildman–Crippen LogP) is 0.481. The summed E-state index contributed by atoms with van der Waals surface area (Å²) < 4.78 is 4.75. The van der Waals surface area contributed by atoms with Gasteiger partial charge < -0.3 is 20.5 Å². The Morgan fingerprint density at radius 2 is 1.90 bits per heavy atom. The van der Waals surface area contributed by atoms with E-state index in [0.717, 1.165) is 5.56 Å². The van der Waals surface area contributed by atoms with Crippen molar-refractivity contribution in [2.24, 2.45) is 5.92 Å². The predicted molar refractivity (Wildman–Crippen MR) is 81.5 cm³/mol. The topological polar surface area (TPSA) is 87.7 Å². The van der Waals surface area contributed by atoms with Crippen LogP contribution in [0.4, 0.5) is 0 Å². The Labute approximate surface area is 130 Å². The summed E-state index contributed by atoms with van der Waals surface area (Å²) >= 11 is 0. The van der Waals surface area contributed by atoms with Gasteiger partial charge in [-0.25, -0.2) is 0 Å². The average molecular weight is 317 g/mol. The number of methoxy groups -OCH3 is 1. The first-order chi connectivity index (χ1) is 9.56. The lowest BCUT2D eigenvalue weighted by Crippen LogP contribution is -2.38. The van der Waals surface area contributed by atoms with Crippen molar-refractivity contribution in [3.63, 3.8) is 0 Å². The number of ether oxygens (including phenoxy) is 1. The molecule has 118 valence electrons. The van der Waals surface area contributed by atoms with Gasteiger partial charge in [-0.05, 0) is 31.2 Å². The number of aromatic hydroxyl groups is 1. The summed E-state index contributed by atoms with van der Waals surface area (Å²) in [5.74, 6) is -0.828. The number of hydrogen-bond acceptors (Lipinski definition) is 5. The molecule has 1 aromatic rings. The van der Waals surface area contributed by atoms with Crippen LogP contribution >= 0.6 is 12.4 Å². The third-order valence-corrected chi connectivity index (χ3v) is 2.84. The second-order valence-electron chi connectivity index (χ2n) is 4.43. The maximum atomic E-state index is 11.7. The van der Waals surface area contributed by atoms with E-state index in [4.69, 9.17) is 4.74 Å². The van der Waals surface area contributed by atoms with E-state index in [1.54, 1.807) is 31.3 Å². The number of carbonyl (C=O) groups excluding carboxylic acids is 2. The minimum absolute atomic E-state index is 0. The van der Waals surface area contributed by atoms with Gasteiger partial charge in [-0.3, -0.25) is 9.59 Å². The molecule has 0 fully saturated rings. The van der Waals surface area contributed by atoms with Gasteiger partial charge in [-0.1, -0.05) is 12.1 Å². The molecule has 6 nitrogen and oxygen atoms in total. The standard InChI is InChI=1S/C14H20N2O4.ClH/c1-15-9-13(18)16-8-11(14(19)20-2)7-10-3-5-12(17)6-4-10;/h3-6,11,15,17H,7-9H2,1-2H3,(H,16,18);1H. The molecule has 0 aliphatic heterocycles. The fraction of sp³-hybridized carbons (Fsp3) is 0.429. The number of phenolic OH excluding ortho intramolecular Hbond substituents is 1. The lowest BCUT2D eigenvalue weighted by Gasteiger charge is -2.15. The van der Waals surface area contributed by atoms with E-state index in [1.807, 2.05) is 0 Å². The molecule has 0 saturated heterocycles. The molecular weight excluding hydrogens is 296 g/mol. The van der Waals surface area contributed by atoms with E-state index >= 15 is 0 Å². The van der Waals surface area contributed by atoms with Crippen molar-refractivity contribution in [3.05, 3.63) is 29.8 Å². The molecule has 0 spiro atoms. The number of hydrogen-bond donors (Lipinski definition) is 3. The monoisotopic (exact) mass is 316 g/mol. The van der Waals surface area contributed by atoms with Gasteiger partial charge in [0.2, 0.25) is 5.91 Å². The first-order valence-electron chi connectivity index (χ1n) is 6.33. The Bertz CT molecular complexity index is 451. The van der Waals surface area contributed by atoms with E-state index in [0.29, 0.717) is 6.42 Å². The molecule has 0 bridgehead atoms. The van der Waals surface area contributed by atoms with Gasteiger partial charge in [0, 0.05) is 6.54 Å². The molecule has 7 heteroatoms. The zero-order valence-corrected chi connectivity index (χ0v) is 12.9. The molecule has 0 aliphatic rings. The molecule has 1 aromatic carbocycles. The molecular formula is C14H21ClN2O4. The van der Waals surface area contributed by atoms with Crippen LogP contribution in [0.15, 0.2) is 24.3 Å². The van der Waals surface area contributed by atoms with E-state index in [-0.39, 0.29) is 43.1 Å². The van der Waals surface area contributed by atoms with Crippen LogP contribution in [0.3, 0.4) is 0 Å². The summed E-state index contributed by atoms with van der Waals surface area (Å²) in [6.45, 7) is 0.418. The smallest absolute Gasteiger partial charge is 0.310 e. The van der Waals surface area contributed by atoms with Crippen molar-refractivity contribution in [3.8, 4) is 5.75 Å². The van der Waals surface area contributed by atoms with Gasteiger partial charge in [0.05, 0.1) is 19.6 Å². The maximum Gasteiger partial charge on any atom is 0.310 e. The Morgan fingerprint density at radius 3 is 2.43 bits per heavy atom. The second kappa shape index (κ2) is 10.0. The fourth-order valence-corrected chi connectivity index (χ4v) is 1.78. The zero-order valence-electron chi connectivity index (χ0n) is 12.1. The maximum absolute atomic E-state index is 11.7. The van der Waals surface area contributed by atoms with E-state index in [9.17, 15) is 14.7 Å². The van der Waals surface area contributed by atoms with Crippen LogP contribution < -0.4 is 10.6 Å². The summed E-state index contributed by atoms with van der Waals surface area (Å²) in [5.41, 5.74) is 0.890. The Kier molecular flexibility index (Phi) is 9.16. The summed E-state index contributed by atoms with van der Waals surface area (Å²) in [6, 6.07) is 6.59. The quantitative estimate of drug-likeness (QED) is 0.637. The van der Waals surface area contributed by atoms with Crippen LogP contribution in [-0.2, 0) is 20.7 Å². The lowest BCUT2D eigenvalue weighted by atomic mass is 9.99. The van der Waals surface area contributed by atoms with Crippen molar-refractivity contribution < 1.29 is 19.4 Å².